The normalized spacial score (nSPS) is 10.4. The maximum atomic E-state index is 9.60. The van der Waals surface area contributed by atoms with Gasteiger partial charge in [-0.2, -0.15) is 4.98 Å². The van der Waals surface area contributed by atoms with E-state index in [1.54, 1.807) is 30.5 Å². The van der Waals surface area contributed by atoms with E-state index in [1.807, 2.05) is 24.3 Å². The Labute approximate surface area is 104 Å². The van der Waals surface area contributed by atoms with Crippen molar-refractivity contribution in [1.82, 2.24) is 9.97 Å². The van der Waals surface area contributed by atoms with Gasteiger partial charge in [0, 0.05) is 11.6 Å². The number of phenolic OH excluding ortho intramolecular Hbond substituents is 1. The highest BCUT2D eigenvalue weighted by molar-refractivity contribution is 5.77. The Morgan fingerprint density at radius 1 is 0.944 bits per heavy atom. The fourth-order valence-electron chi connectivity index (χ4n) is 1.65. The first-order valence-electron chi connectivity index (χ1n) is 5.50. The predicted molar refractivity (Wildman–Crippen MR) is 67.7 cm³/mol. The Morgan fingerprint density at radius 3 is 2.61 bits per heavy atom. The fourth-order valence-corrected chi connectivity index (χ4v) is 1.65. The highest BCUT2D eigenvalue weighted by atomic mass is 16.5. The molecule has 0 fully saturated rings. The standard InChI is InChI=1S/C14H10N2O2/c17-12-7-3-4-8-13(12)18-14-15-9-10-5-1-2-6-11(10)16-14/h1-9,17H. The van der Waals surface area contributed by atoms with Crippen LogP contribution in [0.5, 0.6) is 17.5 Å². The number of aromatic hydroxyl groups is 1. The lowest BCUT2D eigenvalue weighted by Gasteiger charge is -2.05. The van der Waals surface area contributed by atoms with Gasteiger partial charge in [0.15, 0.2) is 11.5 Å². The van der Waals surface area contributed by atoms with Crippen molar-refractivity contribution in [2.24, 2.45) is 0 Å². The molecular formula is C14H10N2O2. The van der Waals surface area contributed by atoms with Crippen molar-refractivity contribution in [3.05, 3.63) is 54.7 Å². The number of fused-ring (bicyclic) bond motifs is 1. The molecule has 3 rings (SSSR count). The van der Waals surface area contributed by atoms with Crippen molar-refractivity contribution in [2.75, 3.05) is 0 Å². The lowest BCUT2D eigenvalue weighted by Crippen LogP contribution is -1.92. The first kappa shape index (κ1) is 10.5. The molecule has 0 radical (unpaired) electrons. The smallest absolute Gasteiger partial charge is 0.322 e. The molecule has 4 heteroatoms. The number of hydrogen-bond acceptors (Lipinski definition) is 4. The van der Waals surface area contributed by atoms with Crippen LogP contribution in [0.2, 0.25) is 0 Å². The Bertz CT molecular complexity index is 698. The van der Waals surface area contributed by atoms with Crippen molar-refractivity contribution in [3.8, 4) is 17.5 Å². The van der Waals surface area contributed by atoms with Crippen molar-refractivity contribution < 1.29 is 9.84 Å². The van der Waals surface area contributed by atoms with E-state index in [2.05, 4.69) is 9.97 Å². The van der Waals surface area contributed by atoms with Gasteiger partial charge in [0.1, 0.15) is 0 Å². The molecule has 4 nitrogen and oxygen atoms in total. The van der Waals surface area contributed by atoms with Crippen molar-refractivity contribution in [3.63, 3.8) is 0 Å². The van der Waals surface area contributed by atoms with Gasteiger partial charge in [-0.3, -0.25) is 0 Å². The molecule has 0 bridgehead atoms. The lowest BCUT2D eigenvalue weighted by atomic mass is 10.2. The maximum Gasteiger partial charge on any atom is 0.322 e. The van der Waals surface area contributed by atoms with E-state index in [1.165, 1.54) is 0 Å². The molecule has 0 aliphatic carbocycles. The largest absolute Gasteiger partial charge is 0.504 e. The van der Waals surface area contributed by atoms with Crippen LogP contribution < -0.4 is 4.74 Å². The molecule has 1 heterocycles. The summed E-state index contributed by atoms with van der Waals surface area (Å²) in [7, 11) is 0. The van der Waals surface area contributed by atoms with Crippen molar-refractivity contribution in [1.29, 1.82) is 0 Å². The molecular weight excluding hydrogens is 228 g/mol. The van der Waals surface area contributed by atoms with Crippen LogP contribution >= 0.6 is 0 Å². The van der Waals surface area contributed by atoms with Gasteiger partial charge in [0.05, 0.1) is 5.52 Å². The third kappa shape index (κ3) is 1.96. The van der Waals surface area contributed by atoms with Gasteiger partial charge in [-0.05, 0) is 18.2 Å². The molecule has 0 saturated carbocycles. The van der Waals surface area contributed by atoms with E-state index in [9.17, 15) is 5.11 Å². The van der Waals surface area contributed by atoms with Gasteiger partial charge in [-0.1, -0.05) is 30.3 Å². The molecule has 1 aromatic heterocycles. The summed E-state index contributed by atoms with van der Waals surface area (Å²) in [4.78, 5) is 8.37. The third-order valence-electron chi connectivity index (χ3n) is 2.53. The number of rotatable bonds is 2. The molecule has 0 aliphatic rings. The SMILES string of the molecule is Oc1ccccc1Oc1ncc2ccccc2n1. The molecule has 0 amide bonds. The Hall–Kier alpha value is -2.62. The minimum atomic E-state index is 0.0641. The Kier molecular flexibility index (Phi) is 2.53. The summed E-state index contributed by atoms with van der Waals surface area (Å²) in [6.07, 6.45) is 1.69. The van der Waals surface area contributed by atoms with Crippen LogP contribution in [0.3, 0.4) is 0 Å². The van der Waals surface area contributed by atoms with Gasteiger partial charge < -0.3 is 9.84 Å². The zero-order valence-electron chi connectivity index (χ0n) is 9.45. The van der Waals surface area contributed by atoms with Gasteiger partial charge >= 0.3 is 6.01 Å². The van der Waals surface area contributed by atoms with E-state index < -0.39 is 0 Å². The highest BCUT2D eigenvalue weighted by Crippen LogP contribution is 2.28. The van der Waals surface area contributed by atoms with E-state index in [0.29, 0.717) is 5.75 Å². The number of phenols is 1. The van der Waals surface area contributed by atoms with E-state index in [4.69, 9.17) is 4.74 Å². The lowest BCUT2D eigenvalue weighted by molar-refractivity contribution is 0.393. The average molecular weight is 238 g/mol. The van der Waals surface area contributed by atoms with Gasteiger partial charge in [-0.15, -0.1) is 0 Å². The summed E-state index contributed by atoms with van der Waals surface area (Å²) in [5, 5.41) is 10.6. The molecule has 2 aromatic carbocycles. The number of hydrogen-bond donors (Lipinski definition) is 1. The molecule has 0 atom stereocenters. The van der Waals surface area contributed by atoms with Gasteiger partial charge in [0.25, 0.3) is 0 Å². The van der Waals surface area contributed by atoms with E-state index in [0.717, 1.165) is 10.9 Å². The summed E-state index contributed by atoms with van der Waals surface area (Å²) in [6, 6.07) is 14.6. The molecule has 18 heavy (non-hydrogen) atoms. The Balaban J connectivity index is 1.98. The minimum absolute atomic E-state index is 0.0641. The second-order valence-corrected chi connectivity index (χ2v) is 3.78. The summed E-state index contributed by atoms with van der Waals surface area (Å²) in [5.41, 5.74) is 0.804. The fraction of sp³-hybridized carbons (Fsp3) is 0. The minimum Gasteiger partial charge on any atom is -0.504 e. The van der Waals surface area contributed by atoms with Crippen LogP contribution in [0, 0.1) is 0 Å². The monoisotopic (exact) mass is 238 g/mol. The van der Waals surface area contributed by atoms with Crippen LogP contribution in [0.15, 0.2) is 54.7 Å². The summed E-state index contributed by atoms with van der Waals surface area (Å²) in [6.45, 7) is 0. The number of benzene rings is 2. The zero-order valence-corrected chi connectivity index (χ0v) is 9.45. The zero-order chi connectivity index (χ0) is 12.4. The van der Waals surface area contributed by atoms with Crippen LogP contribution in [-0.2, 0) is 0 Å². The molecule has 3 aromatic rings. The second-order valence-electron chi connectivity index (χ2n) is 3.78. The number of ether oxygens (including phenoxy) is 1. The summed E-state index contributed by atoms with van der Waals surface area (Å²) >= 11 is 0. The van der Waals surface area contributed by atoms with Crippen LogP contribution in [0.1, 0.15) is 0 Å². The topological polar surface area (TPSA) is 55.2 Å². The maximum absolute atomic E-state index is 9.60. The number of aromatic nitrogens is 2. The third-order valence-corrected chi connectivity index (χ3v) is 2.53. The predicted octanol–water partition coefficient (Wildman–Crippen LogP) is 3.13. The van der Waals surface area contributed by atoms with E-state index >= 15 is 0 Å². The molecule has 1 N–H and O–H groups in total. The van der Waals surface area contributed by atoms with Crippen molar-refractivity contribution in [2.45, 2.75) is 0 Å². The van der Waals surface area contributed by atoms with Gasteiger partial charge in [-0.25, -0.2) is 4.98 Å². The quantitative estimate of drug-likeness (QED) is 0.745. The molecule has 0 unspecified atom stereocenters. The number of para-hydroxylation sites is 3. The molecule has 0 saturated heterocycles. The molecule has 0 aliphatic heterocycles. The average Bonchev–Trinajstić information content (AvgIpc) is 2.41. The highest BCUT2D eigenvalue weighted by Gasteiger charge is 2.05. The van der Waals surface area contributed by atoms with Gasteiger partial charge in [0.2, 0.25) is 0 Å². The van der Waals surface area contributed by atoms with E-state index in [-0.39, 0.29) is 11.8 Å². The van der Waals surface area contributed by atoms with Crippen molar-refractivity contribution >= 4 is 10.9 Å². The molecule has 88 valence electrons. The first-order valence-corrected chi connectivity index (χ1v) is 5.50. The van der Waals surface area contributed by atoms with Crippen LogP contribution in [0.4, 0.5) is 0 Å². The second kappa shape index (κ2) is 4.33. The Morgan fingerprint density at radius 2 is 1.72 bits per heavy atom. The summed E-state index contributed by atoms with van der Waals surface area (Å²) in [5.74, 6) is 0.405. The van der Waals surface area contributed by atoms with Crippen LogP contribution in [0.25, 0.3) is 10.9 Å². The first-order chi connectivity index (χ1) is 8.83. The van der Waals surface area contributed by atoms with Crippen LogP contribution in [-0.4, -0.2) is 15.1 Å². The molecule has 0 spiro atoms. The summed E-state index contributed by atoms with van der Waals surface area (Å²) < 4.78 is 5.45. The number of nitrogens with zero attached hydrogens (tertiary/aromatic N) is 2.